The number of carbonyl (C=O) groups is 1. The fraction of sp³-hybridized carbons (Fsp3) is 0.261. The number of amides is 1. The lowest BCUT2D eigenvalue weighted by Crippen LogP contribution is -2.52. The first-order valence-electron chi connectivity index (χ1n) is 10.3. The summed E-state index contributed by atoms with van der Waals surface area (Å²) in [5, 5.41) is 10.9. The molecule has 1 N–H and O–H groups in total. The smallest absolute Gasteiger partial charge is 0.407 e. The molecule has 3 aromatic rings. The van der Waals surface area contributed by atoms with Crippen LogP contribution in [-0.4, -0.2) is 35.4 Å². The van der Waals surface area contributed by atoms with Crippen LogP contribution in [0.25, 0.3) is 0 Å². The van der Waals surface area contributed by atoms with Crippen LogP contribution in [-0.2, 0) is 11.3 Å². The predicted octanol–water partition coefficient (Wildman–Crippen LogP) is 4.84. The molecule has 10 heteroatoms. The van der Waals surface area contributed by atoms with Crippen molar-refractivity contribution in [3.05, 3.63) is 88.3 Å². The Morgan fingerprint density at radius 1 is 1.06 bits per heavy atom. The van der Waals surface area contributed by atoms with Crippen molar-refractivity contribution < 1.29 is 22.7 Å². The first-order valence-corrected chi connectivity index (χ1v) is 10.6. The minimum atomic E-state index is -1.27. The van der Waals surface area contributed by atoms with Gasteiger partial charge in [0, 0.05) is 25.1 Å². The molecule has 0 unspecified atom stereocenters. The van der Waals surface area contributed by atoms with E-state index in [0.717, 1.165) is 11.6 Å². The van der Waals surface area contributed by atoms with Gasteiger partial charge in [-0.3, -0.25) is 0 Å². The van der Waals surface area contributed by atoms with Gasteiger partial charge in [-0.15, -0.1) is 10.2 Å². The van der Waals surface area contributed by atoms with Crippen LogP contribution in [0, 0.1) is 17.5 Å². The molecular formula is C23H20ClF3N4O2. The van der Waals surface area contributed by atoms with E-state index in [4.69, 9.17) is 16.3 Å². The number of alkyl carbamates (subject to hydrolysis) is 1. The summed E-state index contributed by atoms with van der Waals surface area (Å²) in [5.74, 6) is -3.38. The predicted molar refractivity (Wildman–Crippen MR) is 116 cm³/mol. The van der Waals surface area contributed by atoms with Crippen molar-refractivity contribution in [2.24, 2.45) is 0 Å². The van der Waals surface area contributed by atoms with Crippen LogP contribution < -0.4 is 10.2 Å². The summed E-state index contributed by atoms with van der Waals surface area (Å²) in [6.07, 6.45) is -0.364. The molecule has 0 spiro atoms. The lowest BCUT2D eigenvalue weighted by Gasteiger charge is -2.39. The molecule has 4 rings (SSSR count). The van der Waals surface area contributed by atoms with Crippen LogP contribution in [0.4, 0.5) is 23.8 Å². The lowest BCUT2D eigenvalue weighted by molar-refractivity contribution is 0.133. The number of hydrogen-bond acceptors (Lipinski definition) is 5. The number of carbonyl (C=O) groups excluding carboxylic acids is 1. The number of nitrogens with one attached hydrogen (secondary N) is 1. The van der Waals surface area contributed by atoms with E-state index in [9.17, 15) is 18.0 Å². The largest absolute Gasteiger partial charge is 0.445 e. The quantitative estimate of drug-likeness (QED) is 0.534. The molecule has 1 fully saturated rings. The van der Waals surface area contributed by atoms with Crippen molar-refractivity contribution >= 4 is 23.5 Å². The standard InChI is InChI=1S/C23H20ClF3N4O2/c24-21-6-7-22(30-29-21)31-9-8-15(16-10-18(26)19(27)11-17(16)25)20(12-31)28-23(32)33-13-14-4-2-1-3-5-14/h1-7,10-11,15,20H,8-9,12-13H2,(H,28,32)/t15-,20+/m1/s1. The minimum Gasteiger partial charge on any atom is -0.445 e. The molecule has 1 saturated heterocycles. The van der Waals surface area contributed by atoms with Gasteiger partial charge in [0.2, 0.25) is 0 Å². The van der Waals surface area contributed by atoms with Gasteiger partial charge in [-0.1, -0.05) is 41.9 Å². The fourth-order valence-corrected chi connectivity index (χ4v) is 4.00. The molecule has 0 aliphatic carbocycles. The van der Waals surface area contributed by atoms with E-state index in [2.05, 4.69) is 15.5 Å². The Balaban J connectivity index is 1.54. The van der Waals surface area contributed by atoms with Gasteiger partial charge in [0.05, 0.1) is 6.04 Å². The van der Waals surface area contributed by atoms with Gasteiger partial charge in [0.1, 0.15) is 12.4 Å². The summed E-state index contributed by atoms with van der Waals surface area (Å²) in [4.78, 5) is 14.4. The maximum absolute atomic E-state index is 14.6. The lowest BCUT2D eigenvalue weighted by atomic mass is 9.84. The van der Waals surface area contributed by atoms with Crippen molar-refractivity contribution in [3.8, 4) is 0 Å². The minimum absolute atomic E-state index is 0.0101. The first kappa shape index (κ1) is 22.8. The van der Waals surface area contributed by atoms with Gasteiger partial charge in [-0.2, -0.15) is 0 Å². The van der Waals surface area contributed by atoms with Gasteiger partial charge >= 0.3 is 6.09 Å². The summed E-state index contributed by atoms with van der Waals surface area (Å²) < 4.78 is 47.2. The molecule has 2 atom stereocenters. The topological polar surface area (TPSA) is 67.4 Å². The Hall–Kier alpha value is -3.33. The Bertz CT molecular complexity index is 1120. The summed E-state index contributed by atoms with van der Waals surface area (Å²) >= 11 is 5.81. The zero-order valence-electron chi connectivity index (χ0n) is 17.3. The van der Waals surface area contributed by atoms with Crippen molar-refractivity contribution in [1.82, 2.24) is 15.5 Å². The third kappa shape index (κ3) is 5.54. The van der Waals surface area contributed by atoms with E-state index < -0.39 is 35.5 Å². The van der Waals surface area contributed by atoms with Gasteiger partial charge < -0.3 is 15.0 Å². The third-order valence-corrected chi connectivity index (χ3v) is 5.71. The molecule has 0 radical (unpaired) electrons. The van der Waals surface area contributed by atoms with E-state index in [1.54, 1.807) is 12.1 Å². The van der Waals surface area contributed by atoms with E-state index in [0.29, 0.717) is 24.8 Å². The normalized spacial score (nSPS) is 18.1. The van der Waals surface area contributed by atoms with Crippen LogP contribution >= 0.6 is 11.6 Å². The average molecular weight is 477 g/mol. The van der Waals surface area contributed by atoms with Crippen LogP contribution in [0.3, 0.4) is 0 Å². The maximum atomic E-state index is 14.6. The molecule has 0 bridgehead atoms. The maximum Gasteiger partial charge on any atom is 0.407 e. The van der Waals surface area contributed by atoms with Gasteiger partial charge in [0.15, 0.2) is 22.6 Å². The van der Waals surface area contributed by atoms with Crippen molar-refractivity contribution in [2.75, 3.05) is 18.0 Å². The Labute approximate surface area is 193 Å². The number of anilines is 1. The van der Waals surface area contributed by atoms with Crippen molar-refractivity contribution in [3.63, 3.8) is 0 Å². The SMILES string of the molecule is O=C(N[C@H]1CN(c2ccc(Cl)nn2)CC[C@@H]1c1cc(F)c(F)cc1F)OCc1ccccc1. The van der Waals surface area contributed by atoms with Gasteiger partial charge in [-0.05, 0) is 35.7 Å². The molecule has 6 nitrogen and oxygen atoms in total. The number of hydrogen-bond donors (Lipinski definition) is 1. The Morgan fingerprint density at radius 3 is 2.55 bits per heavy atom. The van der Waals surface area contributed by atoms with E-state index in [1.165, 1.54) is 0 Å². The zero-order chi connectivity index (χ0) is 23.4. The molecule has 1 aliphatic heterocycles. The molecule has 172 valence electrons. The summed E-state index contributed by atoms with van der Waals surface area (Å²) in [5.41, 5.74) is 0.793. The third-order valence-electron chi connectivity index (χ3n) is 5.51. The molecule has 0 saturated carbocycles. The molecule has 33 heavy (non-hydrogen) atoms. The monoisotopic (exact) mass is 476 g/mol. The second kappa shape index (κ2) is 10.1. The van der Waals surface area contributed by atoms with E-state index in [1.807, 2.05) is 35.2 Å². The highest BCUT2D eigenvalue weighted by atomic mass is 35.5. The van der Waals surface area contributed by atoms with E-state index >= 15 is 0 Å². The van der Waals surface area contributed by atoms with Crippen LogP contribution in [0.2, 0.25) is 5.15 Å². The average Bonchev–Trinajstić information content (AvgIpc) is 2.81. The molecule has 1 aliphatic rings. The van der Waals surface area contributed by atoms with Crippen LogP contribution in [0.1, 0.15) is 23.5 Å². The van der Waals surface area contributed by atoms with Crippen LogP contribution in [0.15, 0.2) is 54.6 Å². The molecule has 2 heterocycles. The van der Waals surface area contributed by atoms with E-state index in [-0.39, 0.29) is 23.9 Å². The fourth-order valence-electron chi connectivity index (χ4n) is 3.89. The number of nitrogens with zero attached hydrogens (tertiary/aromatic N) is 3. The number of piperidine rings is 1. The molecular weight excluding hydrogens is 457 g/mol. The van der Waals surface area contributed by atoms with Gasteiger partial charge in [0.25, 0.3) is 0 Å². The van der Waals surface area contributed by atoms with Crippen LogP contribution in [0.5, 0.6) is 0 Å². The highest BCUT2D eigenvalue weighted by molar-refractivity contribution is 6.29. The number of ether oxygens (including phenoxy) is 1. The van der Waals surface area contributed by atoms with Crippen molar-refractivity contribution in [1.29, 1.82) is 0 Å². The second-order valence-electron chi connectivity index (χ2n) is 7.66. The molecule has 2 aromatic carbocycles. The molecule has 1 amide bonds. The highest BCUT2D eigenvalue weighted by Gasteiger charge is 2.35. The second-order valence-corrected chi connectivity index (χ2v) is 8.04. The zero-order valence-corrected chi connectivity index (χ0v) is 18.1. The Kier molecular flexibility index (Phi) is 6.98. The number of halogens is 4. The number of benzene rings is 2. The van der Waals surface area contributed by atoms with Gasteiger partial charge in [-0.25, -0.2) is 18.0 Å². The Morgan fingerprint density at radius 2 is 1.82 bits per heavy atom. The summed E-state index contributed by atoms with van der Waals surface area (Å²) in [7, 11) is 0. The van der Waals surface area contributed by atoms with Crippen molar-refractivity contribution in [2.45, 2.75) is 25.0 Å². The summed E-state index contributed by atoms with van der Waals surface area (Å²) in [6.45, 7) is 0.701. The first-order chi connectivity index (χ1) is 15.9. The number of rotatable bonds is 5. The summed E-state index contributed by atoms with van der Waals surface area (Å²) in [6, 6.07) is 13.1. The highest BCUT2D eigenvalue weighted by Crippen LogP contribution is 2.33. The molecule has 1 aromatic heterocycles. The number of aromatic nitrogens is 2.